The van der Waals surface area contributed by atoms with Crippen molar-refractivity contribution < 1.29 is 19.0 Å². The van der Waals surface area contributed by atoms with Gasteiger partial charge in [-0.1, -0.05) is 0 Å². The second kappa shape index (κ2) is 7.79. The van der Waals surface area contributed by atoms with Crippen molar-refractivity contribution in [2.75, 3.05) is 21.3 Å². The fourth-order valence-electron chi connectivity index (χ4n) is 1.88. The number of rotatable bonds is 6. The van der Waals surface area contributed by atoms with Crippen LogP contribution in [0, 0.1) is 0 Å². The normalized spacial score (nSPS) is 10.4. The molecule has 0 atom stereocenters. The van der Waals surface area contributed by atoms with Crippen LogP contribution in [0.3, 0.4) is 0 Å². The first-order valence-electron chi connectivity index (χ1n) is 6.73. The van der Waals surface area contributed by atoms with Gasteiger partial charge >= 0.3 is 0 Å². The topological polar surface area (TPSA) is 82.0 Å². The Kier molecular flexibility index (Phi) is 5.51. The summed E-state index contributed by atoms with van der Waals surface area (Å²) in [7, 11) is 4.62. The monoisotopic (exact) mass is 315 g/mol. The van der Waals surface area contributed by atoms with Crippen molar-refractivity contribution in [2.24, 2.45) is 5.10 Å². The lowest BCUT2D eigenvalue weighted by molar-refractivity contribution is 0.0955. The lowest BCUT2D eigenvalue weighted by Crippen LogP contribution is -2.17. The molecule has 1 heterocycles. The number of hydrogen-bond donors (Lipinski definition) is 1. The number of hydrazone groups is 1. The summed E-state index contributed by atoms with van der Waals surface area (Å²) >= 11 is 0. The van der Waals surface area contributed by atoms with E-state index in [2.05, 4.69) is 15.5 Å². The van der Waals surface area contributed by atoms with Crippen LogP contribution in [-0.2, 0) is 0 Å². The van der Waals surface area contributed by atoms with Gasteiger partial charge in [-0.2, -0.15) is 5.10 Å². The molecule has 2 aromatic rings. The van der Waals surface area contributed by atoms with Gasteiger partial charge in [-0.05, 0) is 18.2 Å². The molecule has 0 saturated heterocycles. The molecule has 7 heteroatoms. The Hall–Kier alpha value is -3.09. The number of pyridine rings is 1. The van der Waals surface area contributed by atoms with Crippen LogP contribution < -0.4 is 19.6 Å². The number of carbonyl (C=O) groups is 1. The molecule has 0 aliphatic rings. The maximum absolute atomic E-state index is 11.9. The minimum absolute atomic E-state index is 0.330. The summed E-state index contributed by atoms with van der Waals surface area (Å²) in [6.45, 7) is 0. The van der Waals surface area contributed by atoms with Gasteiger partial charge in [-0.15, -0.1) is 0 Å². The largest absolute Gasteiger partial charge is 0.496 e. The minimum Gasteiger partial charge on any atom is -0.496 e. The fraction of sp³-hybridized carbons (Fsp3) is 0.188. The third-order valence-corrected chi connectivity index (χ3v) is 3.05. The van der Waals surface area contributed by atoms with Crippen LogP contribution in [0.25, 0.3) is 0 Å². The smallest absolute Gasteiger partial charge is 0.271 e. The number of aromatic nitrogens is 1. The summed E-state index contributed by atoms with van der Waals surface area (Å²) in [5.41, 5.74) is 3.55. The summed E-state index contributed by atoms with van der Waals surface area (Å²) in [6.07, 6.45) is 4.55. The number of benzene rings is 1. The van der Waals surface area contributed by atoms with Crippen LogP contribution in [0.5, 0.6) is 17.2 Å². The molecule has 1 N–H and O–H groups in total. The molecule has 120 valence electrons. The average molecular weight is 315 g/mol. The Labute approximate surface area is 133 Å². The van der Waals surface area contributed by atoms with E-state index < -0.39 is 0 Å². The highest BCUT2D eigenvalue weighted by atomic mass is 16.5. The third kappa shape index (κ3) is 3.97. The van der Waals surface area contributed by atoms with Crippen molar-refractivity contribution >= 4 is 12.1 Å². The SMILES string of the molecule is COc1cc(OC)c(OC)cc1/C=N/NC(=O)c1ccncc1. The Bertz CT molecular complexity index is 702. The van der Waals surface area contributed by atoms with Gasteiger partial charge in [0.15, 0.2) is 11.5 Å². The van der Waals surface area contributed by atoms with E-state index in [4.69, 9.17) is 14.2 Å². The molecular formula is C16H17N3O4. The second-order valence-corrected chi connectivity index (χ2v) is 4.38. The molecule has 1 aromatic carbocycles. The average Bonchev–Trinajstić information content (AvgIpc) is 2.61. The van der Waals surface area contributed by atoms with Gasteiger partial charge in [-0.25, -0.2) is 5.43 Å². The second-order valence-electron chi connectivity index (χ2n) is 4.38. The molecule has 7 nitrogen and oxygen atoms in total. The van der Waals surface area contributed by atoms with E-state index in [9.17, 15) is 4.79 Å². The van der Waals surface area contributed by atoms with Gasteiger partial charge in [0.05, 0.1) is 27.5 Å². The molecule has 0 bridgehead atoms. The van der Waals surface area contributed by atoms with Crippen molar-refractivity contribution in [2.45, 2.75) is 0 Å². The molecule has 0 saturated carbocycles. The summed E-state index contributed by atoms with van der Waals surface area (Å²) in [4.78, 5) is 15.7. The first kappa shape index (κ1) is 16.3. The Balaban J connectivity index is 2.17. The van der Waals surface area contributed by atoms with Gasteiger partial charge in [0.25, 0.3) is 5.91 Å². The van der Waals surface area contributed by atoms with E-state index in [1.54, 1.807) is 31.4 Å². The van der Waals surface area contributed by atoms with Crippen molar-refractivity contribution in [1.29, 1.82) is 0 Å². The van der Waals surface area contributed by atoms with Crippen LogP contribution in [0.15, 0.2) is 41.8 Å². The third-order valence-electron chi connectivity index (χ3n) is 3.05. The first-order chi connectivity index (χ1) is 11.2. The van der Waals surface area contributed by atoms with Gasteiger partial charge in [0.2, 0.25) is 0 Å². The van der Waals surface area contributed by atoms with Crippen molar-refractivity contribution in [3.05, 3.63) is 47.8 Å². The molecule has 23 heavy (non-hydrogen) atoms. The highest BCUT2D eigenvalue weighted by Crippen LogP contribution is 2.33. The summed E-state index contributed by atoms with van der Waals surface area (Å²) in [5.74, 6) is 1.30. The van der Waals surface area contributed by atoms with Crippen LogP contribution in [0.2, 0.25) is 0 Å². The highest BCUT2D eigenvalue weighted by Gasteiger charge is 2.10. The van der Waals surface area contributed by atoms with Gasteiger partial charge in [0, 0.05) is 29.6 Å². The van der Waals surface area contributed by atoms with Gasteiger partial charge < -0.3 is 14.2 Å². The molecule has 0 radical (unpaired) electrons. The van der Waals surface area contributed by atoms with Crippen LogP contribution >= 0.6 is 0 Å². The van der Waals surface area contributed by atoms with E-state index in [1.807, 2.05) is 0 Å². The quantitative estimate of drug-likeness (QED) is 0.650. The van der Waals surface area contributed by atoms with Crippen LogP contribution in [0.4, 0.5) is 0 Å². The predicted octanol–water partition coefficient (Wildman–Crippen LogP) is 1.87. The van der Waals surface area contributed by atoms with Crippen LogP contribution in [-0.4, -0.2) is 38.4 Å². The van der Waals surface area contributed by atoms with Crippen molar-refractivity contribution in [3.8, 4) is 17.2 Å². The van der Waals surface area contributed by atoms with Crippen molar-refractivity contribution in [1.82, 2.24) is 10.4 Å². The number of carbonyl (C=O) groups excluding carboxylic acids is 1. The standard InChI is InChI=1S/C16H17N3O4/c1-21-13-9-15(23-3)14(22-2)8-12(13)10-18-19-16(20)11-4-6-17-7-5-11/h4-10H,1-3H3,(H,19,20)/b18-10+. The van der Waals surface area contributed by atoms with E-state index in [1.165, 1.54) is 32.8 Å². The van der Waals surface area contributed by atoms with E-state index in [-0.39, 0.29) is 5.91 Å². The maximum Gasteiger partial charge on any atom is 0.271 e. The number of methoxy groups -OCH3 is 3. The Morgan fingerprint density at radius 2 is 1.65 bits per heavy atom. The lowest BCUT2D eigenvalue weighted by Gasteiger charge is -2.11. The molecule has 0 aliphatic carbocycles. The summed E-state index contributed by atoms with van der Waals surface area (Å²) < 4.78 is 15.7. The summed E-state index contributed by atoms with van der Waals surface area (Å²) in [6, 6.07) is 6.59. The number of amides is 1. The zero-order chi connectivity index (χ0) is 16.7. The number of nitrogens with one attached hydrogen (secondary N) is 1. The number of ether oxygens (including phenoxy) is 3. The predicted molar refractivity (Wildman–Crippen MR) is 85.4 cm³/mol. The van der Waals surface area contributed by atoms with Gasteiger partial charge in [0.1, 0.15) is 5.75 Å². The zero-order valence-electron chi connectivity index (χ0n) is 13.1. The summed E-state index contributed by atoms with van der Waals surface area (Å²) in [5, 5.41) is 3.94. The van der Waals surface area contributed by atoms with Gasteiger partial charge in [-0.3, -0.25) is 9.78 Å². The molecule has 0 spiro atoms. The molecule has 0 fully saturated rings. The zero-order valence-corrected chi connectivity index (χ0v) is 13.1. The Morgan fingerprint density at radius 1 is 1.04 bits per heavy atom. The lowest BCUT2D eigenvalue weighted by atomic mass is 10.2. The molecule has 0 aliphatic heterocycles. The van der Waals surface area contributed by atoms with E-state index in [0.717, 1.165) is 0 Å². The van der Waals surface area contributed by atoms with Crippen LogP contribution in [0.1, 0.15) is 15.9 Å². The minimum atomic E-state index is -0.330. The first-order valence-corrected chi connectivity index (χ1v) is 6.73. The van der Waals surface area contributed by atoms with Crippen molar-refractivity contribution in [3.63, 3.8) is 0 Å². The highest BCUT2D eigenvalue weighted by molar-refractivity contribution is 5.95. The molecule has 1 aromatic heterocycles. The molecule has 0 unspecified atom stereocenters. The molecule has 2 rings (SSSR count). The number of nitrogens with zero attached hydrogens (tertiary/aromatic N) is 2. The maximum atomic E-state index is 11.9. The number of hydrogen-bond acceptors (Lipinski definition) is 6. The fourth-order valence-corrected chi connectivity index (χ4v) is 1.88. The van der Waals surface area contributed by atoms with E-state index in [0.29, 0.717) is 28.4 Å². The Morgan fingerprint density at radius 3 is 2.26 bits per heavy atom. The van der Waals surface area contributed by atoms with E-state index >= 15 is 0 Å². The molecule has 1 amide bonds. The molecular weight excluding hydrogens is 298 g/mol.